The molecule has 31 heavy (non-hydrogen) atoms. The number of hydrogen-bond acceptors (Lipinski definition) is 5. The molecule has 2 fully saturated rings. The number of hydrogen-bond donors (Lipinski definition) is 0. The van der Waals surface area contributed by atoms with Crippen LogP contribution in [0.2, 0.25) is 0 Å². The summed E-state index contributed by atoms with van der Waals surface area (Å²) in [7, 11) is 0. The largest absolute Gasteiger partial charge is 0.426 e. The van der Waals surface area contributed by atoms with E-state index in [1.54, 1.807) is 30.0 Å². The summed E-state index contributed by atoms with van der Waals surface area (Å²) >= 11 is 0. The molecule has 0 aromatic heterocycles. The van der Waals surface area contributed by atoms with Crippen LogP contribution in [0.3, 0.4) is 0 Å². The quantitative estimate of drug-likeness (QED) is 0.431. The third kappa shape index (κ3) is 4.08. The highest BCUT2D eigenvalue weighted by molar-refractivity contribution is 6.16. The van der Waals surface area contributed by atoms with E-state index in [1.807, 2.05) is 31.2 Å². The molecule has 0 N–H and O–H groups in total. The minimum atomic E-state index is -0.558. The monoisotopic (exact) mass is 420 g/mol. The van der Waals surface area contributed by atoms with Crippen molar-refractivity contribution in [3.8, 4) is 5.75 Å². The molecular weight excluding hydrogens is 396 g/mol. The molecule has 2 aromatic rings. The summed E-state index contributed by atoms with van der Waals surface area (Å²) in [5.74, 6) is -1.25. The number of para-hydroxylation sites is 1. The number of piperidine rings is 1. The van der Waals surface area contributed by atoms with Gasteiger partial charge in [0.1, 0.15) is 5.75 Å². The molecule has 0 radical (unpaired) electrons. The molecule has 2 aliphatic heterocycles. The molecule has 7 nitrogen and oxygen atoms in total. The van der Waals surface area contributed by atoms with Crippen LogP contribution in [-0.4, -0.2) is 30.2 Å². The highest BCUT2D eigenvalue weighted by Gasteiger charge is 2.37. The zero-order valence-electron chi connectivity index (χ0n) is 17.6. The summed E-state index contributed by atoms with van der Waals surface area (Å²) in [6.45, 7) is 3.97. The van der Waals surface area contributed by atoms with Crippen LogP contribution in [0.1, 0.15) is 36.8 Å². The Bertz CT molecular complexity index is 1060. The third-order valence-corrected chi connectivity index (χ3v) is 5.77. The number of amides is 3. The van der Waals surface area contributed by atoms with Gasteiger partial charge < -0.3 is 9.64 Å². The van der Waals surface area contributed by atoms with Crippen molar-refractivity contribution in [3.05, 3.63) is 53.6 Å². The number of carbonyl (C=O) groups excluding carboxylic acids is 4. The van der Waals surface area contributed by atoms with Crippen LogP contribution in [0.4, 0.5) is 11.4 Å². The van der Waals surface area contributed by atoms with Gasteiger partial charge >= 0.3 is 5.97 Å². The fourth-order valence-electron chi connectivity index (χ4n) is 4.13. The summed E-state index contributed by atoms with van der Waals surface area (Å²) in [5, 5.41) is 0. The molecule has 2 aromatic carbocycles. The number of ether oxygens (including phenoxy) is 1. The van der Waals surface area contributed by atoms with Crippen molar-refractivity contribution < 1.29 is 23.9 Å². The molecule has 0 spiro atoms. The number of imide groups is 1. The topological polar surface area (TPSA) is 84.0 Å². The van der Waals surface area contributed by atoms with E-state index in [0.29, 0.717) is 36.3 Å². The van der Waals surface area contributed by atoms with E-state index in [9.17, 15) is 19.2 Å². The molecule has 0 aliphatic carbocycles. The van der Waals surface area contributed by atoms with Gasteiger partial charge in [0.25, 0.3) is 0 Å². The summed E-state index contributed by atoms with van der Waals surface area (Å²) in [6, 6.07) is 12.4. The number of nitrogens with zero attached hydrogens (tertiary/aromatic N) is 2. The number of benzene rings is 2. The normalized spacial score (nSPS) is 19.2. The molecule has 2 heterocycles. The van der Waals surface area contributed by atoms with Crippen molar-refractivity contribution >= 4 is 35.1 Å². The van der Waals surface area contributed by atoms with E-state index in [2.05, 4.69) is 0 Å². The predicted molar refractivity (Wildman–Crippen MR) is 115 cm³/mol. The molecule has 160 valence electrons. The van der Waals surface area contributed by atoms with Crippen LogP contribution < -0.4 is 14.5 Å². The minimum absolute atomic E-state index is 0.0982. The highest BCUT2D eigenvalue weighted by atomic mass is 16.5. The Morgan fingerprint density at radius 1 is 0.903 bits per heavy atom. The van der Waals surface area contributed by atoms with Crippen molar-refractivity contribution in [2.24, 2.45) is 5.92 Å². The first-order valence-corrected chi connectivity index (χ1v) is 10.4. The molecule has 0 unspecified atom stereocenters. The zero-order chi connectivity index (χ0) is 22.1. The number of rotatable bonds is 4. The lowest BCUT2D eigenvalue weighted by molar-refractivity contribution is -0.139. The van der Waals surface area contributed by atoms with Gasteiger partial charge in [-0.3, -0.25) is 24.1 Å². The van der Waals surface area contributed by atoms with Crippen molar-refractivity contribution in [3.63, 3.8) is 0 Å². The van der Waals surface area contributed by atoms with E-state index in [4.69, 9.17) is 4.74 Å². The average Bonchev–Trinajstić information content (AvgIpc) is 3.11. The SMILES string of the molecule is Cc1ccccc1N1C[C@@H](C(=O)Oc2ccc(N3C(=O)CCCC3=O)c(C)c2)CC1=O. The first-order chi connectivity index (χ1) is 14.8. The van der Waals surface area contributed by atoms with Gasteiger partial charge in [0, 0.05) is 31.5 Å². The van der Waals surface area contributed by atoms with Gasteiger partial charge in [-0.05, 0) is 55.7 Å². The maximum Gasteiger partial charge on any atom is 0.316 e. The first kappa shape index (κ1) is 20.8. The maximum absolute atomic E-state index is 12.7. The highest BCUT2D eigenvalue weighted by Crippen LogP contribution is 2.31. The lowest BCUT2D eigenvalue weighted by atomic mass is 10.1. The molecule has 4 rings (SSSR count). The number of esters is 1. The molecule has 0 bridgehead atoms. The Morgan fingerprint density at radius 2 is 1.61 bits per heavy atom. The summed E-state index contributed by atoms with van der Waals surface area (Å²) in [5.41, 5.74) is 2.95. The summed E-state index contributed by atoms with van der Waals surface area (Å²) < 4.78 is 5.53. The fraction of sp³-hybridized carbons (Fsp3) is 0.333. The molecule has 7 heteroatoms. The van der Waals surface area contributed by atoms with Crippen LogP contribution in [0.5, 0.6) is 5.75 Å². The lowest BCUT2D eigenvalue weighted by Gasteiger charge is -2.26. The number of carbonyl (C=O) groups is 4. The van der Waals surface area contributed by atoms with Gasteiger partial charge in [-0.2, -0.15) is 0 Å². The van der Waals surface area contributed by atoms with Gasteiger partial charge in [-0.25, -0.2) is 0 Å². The van der Waals surface area contributed by atoms with Gasteiger partial charge in [-0.1, -0.05) is 18.2 Å². The van der Waals surface area contributed by atoms with Gasteiger partial charge in [-0.15, -0.1) is 0 Å². The average molecular weight is 420 g/mol. The van der Waals surface area contributed by atoms with Crippen LogP contribution >= 0.6 is 0 Å². The second-order valence-electron chi connectivity index (χ2n) is 8.04. The van der Waals surface area contributed by atoms with Gasteiger partial charge in [0.2, 0.25) is 17.7 Å². The Hall–Kier alpha value is -3.48. The maximum atomic E-state index is 12.7. The van der Waals surface area contributed by atoms with Crippen LogP contribution in [0, 0.1) is 19.8 Å². The molecular formula is C24H24N2O5. The van der Waals surface area contributed by atoms with Crippen molar-refractivity contribution in [2.45, 2.75) is 39.5 Å². The van der Waals surface area contributed by atoms with Crippen molar-refractivity contribution in [2.75, 3.05) is 16.3 Å². The Labute approximate surface area is 180 Å². The van der Waals surface area contributed by atoms with E-state index < -0.39 is 11.9 Å². The summed E-state index contributed by atoms with van der Waals surface area (Å²) in [6.07, 6.45) is 1.35. The van der Waals surface area contributed by atoms with Crippen LogP contribution in [0.25, 0.3) is 0 Å². The van der Waals surface area contributed by atoms with E-state index in [-0.39, 0.29) is 30.7 Å². The van der Waals surface area contributed by atoms with Crippen molar-refractivity contribution in [1.29, 1.82) is 0 Å². The second-order valence-corrected chi connectivity index (χ2v) is 8.04. The Morgan fingerprint density at radius 3 is 2.29 bits per heavy atom. The molecule has 2 saturated heterocycles. The van der Waals surface area contributed by atoms with E-state index >= 15 is 0 Å². The van der Waals surface area contributed by atoms with E-state index in [1.165, 1.54) is 4.90 Å². The molecule has 3 amide bonds. The lowest BCUT2D eigenvalue weighted by Crippen LogP contribution is -2.40. The standard InChI is InChI=1S/C24H24N2O5/c1-15-6-3-4-7-19(15)25-14-17(13-23(25)29)24(30)31-18-10-11-20(16(2)12-18)26-21(27)8-5-9-22(26)28/h3-4,6-7,10-12,17H,5,8-9,13-14H2,1-2H3/t17-/m0/s1. The first-order valence-electron chi connectivity index (χ1n) is 10.4. The Balaban J connectivity index is 1.46. The van der Waals surface area contributed by atoms with Gasteiger partial charge in [0.15, 0.2) is 0 Å². The second kappa shape index (κ2) is 8.34. The van der Waals surface area contributed by atoms with Crippen molar-refractivity contribution in [1.82, 2.24) is 0 Å². The third-order valence-electron chi connectivity index (χ3n) is 5.77. The predicted octanol–water partition coefficient (Wildman–Crippen LogP) is 3.31. The Kier molecular flexibility index (Phi) is 5.59. The van der Waals surface area contributed by atoms with Crippen LogP contribution in [-0.2, 0) is 19.2 Å². The smallest absolute Gasteiger partial charge is 0.316 e. The zero-order valence-corrected chi connectivity index (χ0v) is 17.6. The molecule has 2 aliphatic rings. The number of aryl methyl sites for hydroxylation is 2. The minimum Gasteiger partial charge on any atom is -0.426 e. The van der Waals surface area contributed by atoms with E-state index in [0.717, 1.165) is 11.3 Å². The molecule has 0 saturated carbocycles. The number of anilines is 2. The molecule has 1 atom stereocenters. The summed E-state index contributed by atoms with van der Waals surface area (Å²) in [4.78, 5) is 52.4. The fourth-order valence-corrected chi connectivity index (χ4v) is 4.13. The van der Waals surface area contributed by atoms with Crippen LogP contribution in [0.15, 0.2) is 42.5 Å². The van der Waals surface area contributed by atoms with Gasteiger partial charge in [0.05, 0.1) is 11.6 Å².